The third kappa shape index (κ3) is 2.38. The predicted octanol–water partition coefficient (Wildman–Crippen LogP) is 5.08. The van der Waals surface area contributed by atoms with Crippen LogP contribution in [0.15, 0.2) is 18.4 Å². The van der Waals surface area contributed by atoms with Crippen molar-refractivity contribution in [2.45, 2.75) is 76.8 Å². The first kappa shape index (κ1) is 20.0. The highest BCUT2D eigenvalue weighted by Gasteiger charge is 2.69. The van der Waals surface area contributed by atoms with Crippen LogP contribution in [0.5, 0.6) is 0 Å². The molecule has 166 valence electrons. The van der Waals surface area contributed by atoms with Crippen LogP contribution in [0.1, 0.15) is 65.2 Å². The Bertz CT molecular complexity index is 744. The largest absolute Gasteiger partial charge is 0.347 e. The molecule has 30 heavy (non-hydrogen) atoms. The number of fused-ring (bicyclic) bond motifs is 6. The van der Waals surface area contributed by atoms with Gasteiger partial charge < -0.3 is 18.9 Å². The summed E-state index contributed by atoms with van der Waals surface area (Å²) in [5.74, 6) is 2.47. The van der Waals surface area contributed by atoms with Gasteiger partial charge >= 0.3 is 0 Å². The molecule has 4 nitrogen and oxygen atoms in total. The fourth-order valence-corrected chi connectivity index (χ4v) is 9.43. The van der Waals surface area contributed by atoms with Gasteiger partial charge in [0.05, 0.1) is 26.4 Å². The molecule has 7 atom stereocenters. The van der Waals surface area contributed by atoms with Gasteiger partial charge in [0.1, 0.15) is 0 Å². The van der Waals surface area contributed by atoms with Crippen molar-refractivity contribution in [2.75, 3.05) is 26.4 Å². The van der Waals surface area contributed by atoms with Gasteiger partial charge in [-0.2, -0.15) is 0 Å². The molecule has 0 aromatic rings. The molecule has 2 saturated heterocycles. The van der Waals surface area contributed by atoms with Crippen LogP contribution in [0.3, 0.4) is 0 Å². The standard InChI is InChI=1S/C26H38O4/c1-4-5-22-21-7-6-18-19(23(21,2)12-13-25(22)27-14-15-28-25)8-10-24(3)20(18)9-11-26(24)29-16-17-30-26/h5,18-22H,1,6-17H2,2-3H3/t18-,19+,20+,21?,22?,23-,24+/m1/s1. The molecular weight excluding hydrogens is 376 g/mol. The molecular formula is C26H38O4. The smallest absolute Gasteiger partial charge is 0.175 e. The van der Waals surface area contributed by atoms with Crippen LogP contribution in [0.25, 0.3) is 0 Å². The van der Waals surface area contributed by atoms with Crippen molar-refractivity contribution in [2.24, 2.45) is 40.4 Å². The first-order chi connectivity index (χ1) is 14.5. The van der Waals surface area contributed by atoms with Gasteiger partial charge in [-0.1, -0.05) is 20.4 Å². The Morgan fingerprint density at radius 2 is 1.47 bits per heavy atom. The first-order valence-electron chi connectivity index (χ1n) is 12.4. The van der Waals surface area contributed by atoms with Gasteiger partial charge in [-0.3, -0.25) is 0 Å². The van der Waals surface area contributed by atoms with Gasteiger partial charge in [0, 0.05) is 24.2 Å². The zero-order chi connectivity index (χ0) is 20.6. The number of hydrogen-bond acceptors (Lipinski definition) is 4. The summed E-state index contributed by atoms with van der Waals surface area (Å²) in [6.07, 6.45) is 11.9. The van der Waals surface area contributed by atoms with Crippen molar-refractivity contribution in [3.63, 3.8) is 0 Å². The highest BCUT2D eigenvalue weighted by molar-refractivity contribution is 5.16. The summed E-state index contributed by atoms with van der Waals surface area (Å²) in [6.45, 7) is 12.0. The lowest BCUT2D eigenvalue weighted by atomic mass is 9.43. The topological polar surface area (TPSA) is 36.9 Å². The SMILES string of the molecule is C=C=CC1C2CC[C@@H]3[C@H](CC[C@@]4(C)[C@H]3CCC43OCCO3)[C@@]2(C)CCC12OCCO2. The molecule has 6 fully saturated rings. The maximum absolute atomic E-state index is 6.32. The second kappa shape index (κ2) is 6.68. The van der Waals surface area contributed by atoms with E-state index in [1.807, 2.05) is 0 Å². The van der Waals surface area contributed by atoms with E-state index in [0.717, 1.165) is 57.0 Å². The number of hydrogen-bond donors (Lipinski definition) is 0. The number of ether oxygens (including phenoxy) is 4. The van der Waals surface area contributed by atoms with E-state index in [-0.39, 0.29) is 17.1 Å². The van der Waals surface area contributed by atoms with E-state index in [1.165, 1.54) is 38.5 Å². The second-order valence-corrected chi connectivity index (χ2v) is 11.4. The van der Waals surface area contributed by atoms with E-state index in [0.29, 0.717) is 11.3 Å². The normalized spacial score (nSPS) is 50.7. The van der Waals surface area contributed by atoms with Crippen LogP contribution < -0.4 is 0 Å². The van der Waals surface area contributed by atoms with Gasteiger partial charge in [0.2, 0.25) is 0 Å². The monoisotopic (exact) mass is 414 g/mol. The lowest BCUT2D eigenvalue weighted by molar-refractivity contribution is -0.269. The maximum atomic E-state index is 6.32. The summed E-state index contributed by atoms with van der Waals surface area (Å²) in [4.78, 5) is 0. The quantitative estimate of drug-likeness (QED) is 0.561. The van der Waals surface area contributed by atoms with Crippen LogP contribution in [0.4, 0.5) is 0 Å². The summed E-state index contributed by atoms with van der Waals surface area (Å²) in [7, 11) is 0. The minimum absolute atomic E-state index is 0.182. The number of rotatable bonds is 1. The van der Waals surface area contributed by atoms with Gasteiger partial charge in [0.25, 0.3) is 0 Å². The maximum Gasteiger partial charge on any atom is 0.175 e. The molecule has 2 heterocycles. The third-order valence-corrected chi connectivity index (χ3v) is 10.8. The van der Waals surface area contributed by atoms with E-state index in [9.17, 15) is 0 Å². The van der Waals surface area contributed by atoms with E-state index in [4.69, 9.17) is 18.9 Å². The fraction of sp³-hybridized carbons (Fsp3) is 0.885. The van der Waals surface area contributed by atoms with E-state index < -0.39 is 5.79 Å². The third-order valence-electron chi connectivity index (χ3n) is 10.8. The molecule has 0 radical (unpaired) electrons. The van der Waals surface area contributed by atoms with Crippen LogP contribution >= 0.6 is 0 Å². The van der Waals surface area contributed by atoms with E-state index in [2.05, 4.69) is 32.2 Å². The zero-order valence-electron chi connectivity index (χ0n) is 18.8. The molecule has 6 rings (SSSR count). The second-order valence-electron chi connectivity index (χ2n) is 11.4. The molecule has 0 aromatic heterocycles. The lowest BCUT2D eigenvalue weighted by Gasteiger charge is -2.63. The van der Waals surface area contributed by atoms with Crippen molar-refractivity contribution in [1.82, 2.24) is 0 Å². The average molecular weight is 415 g/mol. The molecule has 4 saturated carbocycles. The summed E-state index contributed by atoms with van der Waals surface area (Å²) in [5, 5.41) is 0. The Labute approximate surface area is 181 Å². The van der Waals surface area contributed by atoms with Gasteiger partial charge in [-0.25, -0.2) is 0 Å². The first-order valence-corrected chi connectivity index (χ1v) is 12.4. The Morgan fingerprint density at radius 1 is 0.767 bits per heavy atom. The molecule has 2 spiro atoms. The van der Waals surface area contributed by atoms with Crippen LogP contribution in [-0.2, 0) is 18.9 Å². The Balaban J connectivity index is 1.32. The van der Waals surface area contributed by atoms with Crippen molar-refractivity contribution in [3.8, 4) is 0 Å². The molecule has 0 bridgehead atoms. The zero-order valence-corrected chi connectivity index (χ0v) is 18.8. The molecule has 4 heteroatoms. The van der Waals surface area contributed by atoms with Gasteiger partial charge in [-0.05, 0) is 73.7 Å². The summed E-state index contributed by atoms with van der Waals surface area (Å²) in [5.41, 5.74) is 3.64. The Kier molecular flexibility index (Phi) is 4.46. The molecule has 6 aliphatic rings. The van der Waals surface area contributed by atoms with Gasteiger partial charge in [-0.15, -0.1) is 5.73 Å². The Morgan fingerprint density at radius 3 is 2.20 bits per heavy atom. The van der Waals surface area contributed by atoms with Crippen LogP contribution in [-0.4, -0.2) is 38.0 Å². The van der Waals surface area contributed by atoms with Gasteiger partial charge in [0.15, 0.2) is 11.6 Å². The molecule has 2 aliphatic heterocycles. The van der Waals surface area contributed by atoms with E-state index >= 15 is 0 Å². The van der Waals surface area contributed by atoms with Crippen molar-refractivity contribution < 1.29 is 18.9 Å². The minimum atomic E-state index is -0.423. The van der Waals surface area contributed by atoms with Crippen molar-refractivity contribution >= 4 is 0 Å². The van der Waals surface area contributed by atoms with Crippen molar-refractivity contribution in [1.29, 1.82) is 0 Å². The predicted molar refractivity (Wildman–Crippen MR) is 114 cm³/mol. The fourth-order valence-electron chi connectivity index (χ4n) is 9.43. The molecule has 2 unspecified atom stereocenters. The summed E-state index contributed by atoms with van der Waals surface area (Å²) >= 11 is 0. The highest BCUT2D eigenvalue weighted by atomic mass is 16.7. The van der Waals surface area contributed by atoms with Crippen molar-refractivity contribution in [3.05, 3.63) is 18.4 Å². The van der Waals surface area contributed by atoms with Crippen LogP contribution in [0.2, 0.25) is 0 Å². The highest BCUT2D eigenvalue weighted by Crippen LogP contribution is 2.71. The molecule has 0 aromatic carbocycles. The summed E-state index contributed by atoms with van der Waals surface area (Å²) in [6, 6.07) is 0. The molecule has 0 N–H and O–H groups in total. The Hall–Kier alpha value is -0.640. The van der Waals surface area contributed by atoms with Crippen LogP contribution in [0, 0.1) is 40.4 Å². The molecule has 0 amide bonds. The van der Waals surface area contributed by atoms with E-state index in [1.54, 1.807) is 0 Å². The lowest BCUT2D eigenvalue weighted by Crippen LogP contribution is -2.61. The summed E-state index contributed by atoms with van der Waals surface area (Å²) < 4.78 is 25.2. The minimum Gasteiger partial charge on any atom is -0.347 e. The average Bonchev–Trinajstić information content (AvgIpc) is 3.47. The molecule has 4 aliphatic carbocycles.